The average molecular weight is 285 g/mol. The van der Waals surface area contributed by atoms with E-state index in [0.29, 0.717) is 5.92 Å². The summed E-state index contributed by atoms with van der Waals surface area (Å²) in [5, 5.41) is 5.13. The Hall–Kier alpha value is -2.21. The summed E-state index contributed by atoms with van der Waals surface area (Å²) in [6.45, 7) is 4.15. The molecule has 0 radical (unpaired) electrons. The van der Waals surface area contributed by atoms with Gasteiger partial charge >= 0.3 is 0 Å². The van der Waals surface area contributed by atoms with Crippen LogP contribution in [0.1, 0.15) is 25.6 Å². The fraction of sp³-hybridized carbons (Fsp3) is 0.214. The van der Waals surface area contributed by atoms with Crippen LogP contribution in [0.15, 0.2) is 36.7 Å². The van der Waals surface area contributed by atoms with E-state index in [1.807, 2.05) is 36.7 Å². The number of aromatic nitrogens is 4. The van der Waals surface area contributed by atoms with E-state index in [0.717, 1.165) is 27.8 Å². The molecule has 0 bridgehead atoms. The van der Waals surface area contributed by atoms with Gasteiger partial charge in [0.05, 0.1) is 6.20 Å². The van der Waals surface area contributed by atoms with Crippen molar-refractivity contribution in [1.82, 2.24) is 19.1 Å². The maximum absolute atomic E-state index is 5.80. The van der Waals surface area contributed by atoms with E-state index in [4.69, 9.17) is 5.73 Å². The average Bonchev–Trinajstić information content (AvgIpc) is 3.08. The van der Waals surface area contributed by atoms with Gasteiger partial charge in [0.15, 0.2) is 0 Å². The fourth-order valence-electron chi connectivity index (χ4n) is 1.85. The molecule has 2 aromatic heterocycles. The number of nitrogens with zero attached hydrogens (tertiary/aromatic N) is 4. The first kappa shape index (κ1) is 12.8. The topological polar surface area (TPSA) is 69.6 Å². The Morgan fingerprint density at radius 3 is 2.80 bits per heavy atom. The molecule has 6 heteroatoms. The highest BCUT2D eigenvalue weighted by Crippen LogP contribution is 2.23. The van der Waals surface area contributed by atoms with E-state index in [9.17, 15) is 0 Å². The molecule has 0 saturated heterocycles. The van der Waals surface area contributed by atoms with Crippen LogP contribution in [0.25, 0.3) is 16.3 Å². The lowest BCUT2D eigenvalue weighted by molar-refractivity contribution is 0.781. The first-order valence-electron chi connectivity index (χ1n) is 6.38. The molecule has 2 N–H and O–H groups in total. The van der Waals surface area contributed by atoms with Crippen LogP contribution in [-0.2, 0) is 0 Å². The second-order valence-corrected chi connectivity index (χ2v) is 5.62. The van der Waals surface area contributed by atoms with E-state index in [-0.39, 0.29) is 0 Å². The number of rotatable bonds is 3. The summed E-state index contributed by atoms with van der Waals surface area (Å²) < 4.78 is 6.09. The molecular weight excluding hydrogens is 270 g/mol. The highest BCUT2D eigenvalue weighted by atomic mass is 32.1. The molecule has 0 atom stereocenters. The van der Waals surface area contributed by atoms with Crippen LogP contribution in [0.4, 0.5) is 5.69 Å². The Morgan fingerprint density at radius 2 is 2.10 bits per heavy atom. The molecule has 20 heavy (non-hydrogen) atoms. The number of hydrogen-bond acceptors (Lipinski definition) is 5. The normalized spacial score (nSPS) is 11.2. The summed E-state index contributed by atoms with van der Waals surface area (Å²) in [5.41, 5.74) is 8.61. The first-order chi connectivity index (χ1) is 9.63. The summed E-state index contributed by atoms with van der Waals surface area (Å²) in [6, 6.07) is 7.75. The van der Waals surface area contributed by atoms with Gasteiger partial charge in [-0.2, -0.15) is 9.47 Å². The van der Waals surface area contributed by atoms with Crippen molar-refractivity contribution in [1.29, 1.82) is 0 Å². The number of benzene rings is 1. The molecule has 5 nitrogen and oxygen atoms in total. The molecule has 2 heterocycles. The van der Waals surface area contributed by atoms with Crippen LogP contribution in [0.3, 0.4) is 0 Å². The molecule has 0 aliphatic carbocycles. The van der Waals surface area contributed by atoms with Crippen molar-refractivity contribution in [2.45, 2.75) is 19.8 Å². The number of nitrogen functional groups attached to an aromatic ring is 1. The maximum Gasteiger partial charge on any atom is 0.230 e. The van der Waals surface area contributed by atoms with Crippen LogP contribution in [-0.4, -0.2) is 19.1 Å². The van der Waals surface area contributed by atoms with E-state index >= 15 is 0 Å². The largest absolute Gasteiger partial charge is 0.399 e. The van der Waals surface area contributed by atoms with Gasteiger partial charge in [-0.25, -0.2) is 9.67 Å². The highest BCUT2D eigenvalue weighted by Gasteiger charge is 2.10. The first-order valence-corrected chi connectivity index (χ1v) is 7.15. The summed E-state index contributed by atoms with van der Waals surface area (Å²) in [5.74, 6) is 1.18. The summed E-state index contributed by atoms with van der Waals surface area (Å²) in [6.07, 6.45) is 3.75. The number of anilines is 1. The molecule has 0 saturated carbocycles. The highest BCUT2D eigenvalue weighted by molar-refractivity contribution is 7.08. The molecule has 0 unspecified atom stereocenters. The van der Waals surface area contributed by atoms with Crippen LogP contribution in [0.2, 0.25) is 0 Å². The van der Waals surface area contributed by atoms with Crippen molar-refractivity contribution in [3.05, 3.63) is 42.5 Å². The zero-order valence-corrected chi connectivity index (χ0v) is 12.1. The lowest BCUT2D eigenvalue weighted by Gasteiger charge is -1.98. The smallest absolute Gasteiger partial charge is 0.230 e. The molecule has 1 aromatic carbocycles. The lowest BCUT2D eigenvalue weighted by atomic mass is 10.1. The third-order valence-electron chi connectivity index (χ3n) is 2.95. The zero-order valence-electron chi connectivity index (χ0n) is 11.3. The zero-order chi connectivity index (χ0) is 14.1. The van der Waals surface area contributed by atoms with Gasteiger partial charge in [0.1, 0.15) is 5.82 Å². The predicted molar refractivity (Wildman–Crippen MR) is 81.0 cm³/mol. The Morgan fingerprint density at radius 1 is 1.25 bits per heavy atom. The Kier molecular flexibility index (Phi) is 3.23. The van der Waals surface area contributed by atoms with Crippen molar-refractivity contribution in [2.75, 3.05) is 5.73 Å². The molecule has 0 aliphatic rings. The van der Waals surface area contributed by atoms with Crippen LogP contribution in [0, 0.1) is 0 Å². The van der Waals surface area contributed by atoms with Crippen LogP contribution in [0.5, 0.6) is 0 Å². The van der Waals surface area contributed by atoms with Crippen molar-refractivity contribution >= 4 is 17.2 Å². The van der Waals surface area contributed by atoms with Crippen molar-refractivity contribution in [2.24, 2.45) is 0 Å². The molecule has 3 aromatic rings. The van der Waals surface area contributed by atoms with Gasteiger partial charge < -0.3 is 5.73 Å². The monoisotopic (exact) mass is 285 g/mol. The minimum Gasteiger partial charge on any atom is -0.399 e. The lowest BCUT2D eigenvalue weighted by Crippen LogP contribution is -1.95. The molecule has 0 spiro atoms. The molecule has 0 aliphatic heterocycles. The Labute approximate surface area is 121 Å². The fourth-order valence-corrected chi connectivity index (χ4v) is 2.59. The van der Waals surface area contributed by atoms with Crippen molar-refractivity contribution in [3.63, 3.8) is 0 Å². The van der Waals surface area contributed by atoms with E-state index < -0.39 is 0 Å². The van der Waals surface area contributed by atoms with Gasteiger partial charge in [-0.15, -0.1) is 0 Å². The van der Waals surface area contributed by atoms with Crippen LogP contribution >= 0.6 is 11.5 Å². The van der Waals surface area contributed by atoms with E-state index in [2.05, 4.69) is 28.3 Å². The minimum atomic E-state index is 0.323. The van der Waals surface area contributed by atoms with Gasteiger partial charge in [-0.05, 0) is 17.7 Å². The Balaban J connectivity index is 1.93. The molecule has 3 rings (SSSR count). The van der Waals surface area contributed by atoms with Crippen molar-refractivity contribution in [3.8, 4) is 16.3 Å². The number of hydrogen-bond donors (Lipinski definition) is 1. The second kappa shape index (κ2) is 5.05. The summed E-state index contributed by atoms with van der Waals surface area (Å²) in [7, 11) is 0. The van der Waals surface area contributed by atoms with Crippen LogP contribution < -0.4 is 5.73 Å². The van der Waals surface area contributed by atoms with E-state index in [1.54, 1.807) is 4.68 Å². The van der Waals surface area contributed by atoms with Gasteiger partial charge in [0.2, 0.25) is 5.13 Å². The van der Waals surface area contributed by atoms with Crippen molar-refractivity contribution < 1.29 is 0 Å². The maximum atomic E-state index is 5.80. The third kappa shape index (κ3) is 2.42. The molecular formula is C14H15N5S. The van der Waals surface area contributed by atoms with Gasteiger partial charge in [0.25, 0.3) is 0 Å². The molecule has 0 fully saturated rings. The SMILES string of the molecule is CC(C)c1nsc(-n2cc(-c3cccc(N)c3)cn2)n1. The minimum absolute atomic E-state index is 0.323. The Bertz CT molecular complexity index is 729. The summed E-state index contributed by atoms with van der Waals surface area (Å²) >= 11 is 1.36. The number of nitrogens with two attached hydrogens (primary N) is 1. The predicted octanol–water partition coefficient (Wildman–Crippen LogP) is 3.10. The van der Waals surface area contributed by atoms with Gasteiger partial charge in [-0.1, -0.05) is 26.0 Å². The standard InChI is InChI=1S/C14H15N5S/c1-9(2)13-17-14(20-18-13)19-8-11(7-16-19)10-4-3-5-12(15)6-10/h3-9H,15H2,1-2H3. The third-order valence-corrected chi connectivity index (χ3v) is 3.67. The van der Waals surface area contributed by atoms with E-state index in [1.165, 1.54) is 11.5 Å². The molecule has 102 valence electrons. The quantitative estimate of drug-likeness (QED) is 0.751. The van der Waals surface area contributed by atoms with Gasteiger partial charge in [-0.3, -0.25) is 0 Å². The van der Waals surface area contributed by atoms with Gasteiger partial charge in [0, 0.05) is 34.9 Å². The second-order valence-electron chi connectivity index (χ2n) is 4.89. The summed E-state index contributed by atoms with van der Waals surface area (Å²) in [4.78, 5) is 4.49. The molecule has 0 amide bonds.